The van der Waals surface area contributed by atoms with Gasteiger partial charge in [-0.25, -0.2) is 5.43 Å². The van der Waals surface area contributed by atoms with Crippen LogP contribution < -0.4 is 19.6 Å². The number of amides is 1. The lowest BCUT2D eigenvalue weighted by Gasteiger charge is -2.11. The third-order valence-corrected chi connectivity index (χ3v) is 3.41. The Morgan fingerprint density at radius 1 is 1.04 bits per heavy atom. The number of benzene rings is 2. The maximum absolute atomic E-state index is 11.8. The number of carbonyl (C=O) groups excluding carboxylic acids is 1. The maximum Gasteiger partial charge on any atom is 0.277 e. The molecule has 0 bridgehead atoms. The van der Waals surface area contributed by atoms with Gasteiger partial charge in [0.15, 0.2) is 18.1 Å². The number of hydrazone groups is 1. The minimum absolute atomic E-state index is 0.146. The van der Waals surface area contributed by atoms with Crippen LogP contribution in [0, 0.1) is 0 Å². The highest BCUT2D eigenvalue weighted by atomic mass is 35.5. The van der Waals surface area contributed by atoms with Crippen molar-refractivity contribution in [2.45, 2.75) is 13.8 Å². The summed E-state index contributed by atoms with van der Waals surface area (Å²) >= 11 is 5.79. The van der Waals surface area contributed by atoms with Gasteiger partial charge in [-0.1, -0.05) is 11.6 Å². The summed E-state index contributed by atoms with van der Waals surface area (Å²) in [5.74, 6) is 1.50. The van der Waals surface area contributed by atoms with E-state index in [-0.39, 0.29) is 12.5 Å². The highest BCUT2D eigenvalue weighted by Gasteiger charge is 2.05. The van der Waals surface area contributed by atoms with E-state index in [9.17, 15) is 4.79 Å². The quantitative estimate of drug-likeness (QED) is 0.535. The van der Waals surface area contributed by atoms with E-state index >= 15 is 0 Å². The average molecular weight is 377 g/mol. The molecule has 1 N–H and O–H groups in total. The Hall–Kier alpha value is -2.73. The molecule has 0 aliphatic heterocycles. The number of hydrogen-bond acceptors (Lipinski definition) is 5. The molecule has 0 spiro atoms. The number of rotatable bonds is 9. The van der Waals surface area contributed by atoms with Crippen LogP contribution in [0.1, 0.15) is 19.4 Å². The zero-order chi connectivity index (χ0) is 18.8. The van der Waals surface area contributed by atoms with Gasteiger partial charge in [0.25, 0.3) is 5.91 Å². The van der Waals surface area contributed by atoms with Crippen LogP contribution in [-0.4, -0.2) is 31.9 Å². The van der Waals surface area contributed by atoms with Crippen molar-refractivity contribution in [3.8, 4) is 17.2 Å². The highest BCUT2D eigenvalue weighted by Crippen LogP contribution is 2.27. The monoisotopic (exact) mass is 376 g/mol. The molecule has 138 valence electrons. The molecular formula is C19H21ClN2O4. The first-order chi connectivity index (χ1) is 12.6. The van der Waals surface area contributed by atoms with Crippen LogP contribution in [0.4, 0.5) is 0 Å². The zero-order valence-electron chi connectivity index (χ0n) is 14.7. The number of carbonyl (C=O) groups is 1. The van der Waals surface area contributed by atoms with Gasteiger partial charge >= 0.3 is 0 Å². The van der Waals surface area contributed by atoms with Crippen LogP contribution in [0.25, 0.3) is 0 Å². The van der Waals surface area contributed by atoms with Crippen molar-refractivity contribution in [3.63, 3.8) is 0 Å². The molecule has 2 aromatic carbocycles. The van der Waals surface area contributed by atoms with E-state index in [0.29, 0.717) is 35.5 Å². The van der Waals surface area contributed by atoms with Gasteiger partial charge in [-0.3, -0.25) is 4.79 Å². The molecule has 2 rings (SSSR count). The molecule has 0 saturated carbocycles. The van der Waals surface area contributed by atoms with E-state index in [1.165, 1.54) is 6.21 Å². The molecular weight excluding hydrogens is 356 g/mol. The van der Waals surface area contributed by atoms with Crippen molar-refractivity contribution in [1.82, 2.24) is 5.43 Å². The van der Waals surface area contributed by atoms with Gasteiger partial charge < -0.3 is 14.2 Å². The average Bonchev–Trinajstić information content (AvgIpc) is 2.64. The Kier molecular flexibility index (Phi) is 7.76. The molecule has 1 amide bonds. The number of hydrogen-bond donors (Lipinski definition) is 1. The van der Waals surface area contributed by atoms with Crippen LogP contribution in [0.3, 0.4) is 0 Å². The lowest BCUT2D eigenvalue weighted by molar-refractivity contribution is -0.123. The first-order valence-electron chi connectivity index (χ1n) is 8.22. The standard InChI is InChI=1S/C19H21ClN2O4/c1-3-24-17-10-5-14(11-18(17)25-4-2)12-21-22-19(23)13-26-16-8-6-15(20)7-9-16/h5-12H,3-4,13H2,1-2H3,(H,22,23). The van der Waals surface area contributed by atoms with E-state index in [0.717, 1.165) is 5.56 Å². The van der Waals surface area contributed by atoms with Crippen molar-refractivity contribution in [2.75, 3.05) is 19.8 Å². The van der Waals surface area contributed by atoms with Crippen LogP contribution >= 0.6 is 11.6 Å². The van der Waals surface area contributed by atoms with E-state index in [1.54, 1.807) is 36.4 Å². The highest BCUT2D eigenvalue weighted by molar-refractivity contribution is 6.30. The lowest BCUT2D eigenvalue weighted by Crippen LogP contribution is -2.24. The Morgan fingerprint density at radius 3 is 2.42 bits per heavy atom. The van der Waals surface area contributed by atoms with Crippen LogP contribution in [0.2, 0.25) is 5.02 Å². The van der Waals surface area contributed by atoms with Crippen LogP contribution in [0.5, 0.6) is 17.2 Å². The van der Waals surface area contributed by atoms with Gasteiger partial charge in [0.1, 0.15) is 5.75 Å². The molecule has 6 nitrogen and oxygen atoms in total. The van der Waals surface area contributed by atoms with E-state index in [2.05, 4.69) is 10.5 Å². The molecule has 0 fully saturated rings. The van der Waals surface area contributed by atoms with Crippen LogP contribution in [0.15, 0.2) is 47.6 Å². The van der Waals surface area contributed by atoms with Crippen molar-refractivity contribution in [3.05, 3.63) is 53.1 Å². The second-order valence-electron chi connectivity index (χ2n) is 5.11. The summed E-state index contributed by atoms with van der Waals surface area (Å²) in [7, 11) is 0. The van der Waals surface area contributed by atoms with Gasteiger partial charge in [-0.15, -0.1) is 0 Å². The Balaban J connectivity index is 1.87. The molecule has 7 heteroatoms. The summed E-state index contributed by atoms with van der Waals surface area (Å²) in [5, 5.41) is 4.53. The number of halogens is 1. The number of nitrogens with zero attached hydrogens (tertiary/aromatic N) is 1. The topological polar surface area (TPSA) is 69.2 Å². The Bertz CT molecular complexity index is 748. The van der Waals surface area contributed by atoms with Crippen molar-refractivity contribution < 1.29 is 19.0 Å². The minimum Gasteiger partial charge on any atom is -0.490 e. The molecule has 2 aromatic rings. The summed E-state index contributed by atoms with van der Waals surface area (Å²) in [6.07, 6.45) is 1.53. The fraction of sp³-hybridized carbons (Fsp3) is 0.263. The third kappa shape index (κ3) is 6.29. The number of ether oxygens (including phenoxy) is 3. The van der Waals surface area contributed by atoms with Gasteiger partial charge in [0.2, 0.25) is 0 Å². The summed E-state index contributed by atoms with van der Waals surface area (Å²) in [5.41, 5.74) is 3.19. The molecule has 0 saturated heterocycles. The minimum atomic E-state index is -0.368. The SMILES string of the molecule is CCOc1ccc(C=NNC(=O)COc2ccc(Cl)cc2)cc1OCC. The second kappa shape index (κ2) is 10.3. The lowest BCUT2D eigenvalue weighted by atomic mass is 10.2. The molecule has 26 heavy (non-hydrogen) atoms. The molecule has 0 radical (unpaired) electrons. The predicted molar refractivity (Wildman–Crippen MR) is 101 cm³/mol. The summed E-state index contributed by atoms with van der Waals surface area (Å²) in [6.45, 7) is 4.74. The fourth-order valence-corrected chi connectivity index (χ4v) is 2.16. The normalized spacial score (nSPS) is 10.6. The van der Waals surface area contributed by atoms with Crippen molar-refractivity contribution in [1.29, 1.82) is 0 Å². The summed E-state index contributed by atoms with van der Waals surface area (Å²) < 4.78 is 16.4. The summed E-state index contributed by atoms with van der Waals surface area (Å²) in [6, 6.07) is 12.2. The molecule has 0 aliphatic rings. The maximum atomic E-state index is 11.8. The Labute approximate surface area is 157 Å². The second-order valence-corrected chi connectivity index (χ2v) is 5.54. The summed E-state index contributed by atoms with van der Waals surface area (Å²) in [4.78, 5) is 11.8. The van der Waals surface area contributed by atoms with Crippen molar-refractivity contribution >= 4 is 23.7 Å². The fourth-order valence-electron chi connectivity index (χ4n) is 2.04. The Morgan fingerprint density at radius 2 is 1.73 bits per heavy atom. The largest absolute Gasteiger partial charge is 0.490 e. The van der Waals surface area contributed by atoms with Gasteiger partial charge in [-0.2, -0.15) is 5.10 Å². The van der Waals surface area contributed by atoms with E-state index in [1.807, 2.05) is 19.9 Å². The first-order valence-corrected chi connectivity index (χ1v) is 8.60. The molecule has 0 unspecified atom stereocenters. The molecule has 0 aliphatic carbocycles. The number of nitrogens with one attached hydrogen (secondary N) is 1. The first kappa shape index (κ1) is 19.6. The van der Waals surface area contributed by atoms with Gasteiger partial charge in [0.05, 0.1) is 19.4 Å². The van der Waals surface area contributed by atoms with E-state index in [4.69, 9.17) is 25.8 Å². The molecule has 0 atom stereocenters. The van der Waals surface area contributed by atoms with Gasteiger partial charge in [-0.05, 0) is 61.9 Å². The van der Waals surface area contributed by atoms with Crippen LogP contribution in [-0.2, 0) is 4.79 Å². The zero-order valence-corrected chi connectivity index (χ0v) is 15.5. The molecule has 0 aromatic heterocycles. The van der Waals surface area contributed by atoms with E-state index < -0.39 is 0 Å². The van der Waals surface area contributed by atoms with Gasteiger partial charge in [0, 0.05) is 5.02 Å². The smallest absolute Gasteiger partial charge is 0.277 e. The van der Waals surface area contributed by atoms with Crippen molar-refractivity contribution in [2.24, 2.45) is 5.10 Å². The molecule has 0 heterocycles. The predicted octanol–water partition coefficient (Wildman–Crippen LogP) is 3.67. The third-order valence-electron chi connectivity index (χ3n) is 3.15.